The predicted molar refractivity (Wildman–Crippen MR) is 102 cm³/mol. The number of nitrogens with zero attached hydrogens (tertiary/aromatic N) is 3. The molecule has 0 saturated carbocycles. The molecular formula is C18H26N4O3S. The van der Waals surface area contributed by atoms with E-state index in [9.17, 15) is 8.42 Å². The van der Waals surface area contributed by atoms with E-state index >= 15 is 0 Å². The number of morpholine rings is 1. The lowest BCUT2D eigenvalue weighted by molar-refractivity contribution is -0.0678. The van der Waals surface area contributed by atoms with E-state index < -0.39 is 9.84 Å². The summed E-state index contributed by atoms with van der Waals surface area (Å²) in [4.78, 5) is 11.2. The second-order valence-electron chi connectivity index (χ2n) is 6.97. The Hall–Kier alpha value is -1.77. The molecule has 2 aromatic rings. The van der Waals surface area contributed by atoms with Crippen molar-refractivity contribution in [3.63, 3.8) is 0 Å². The van der Waals surface area contributed by atoms with E-state index in [2.05, 4.69) is 34.0 Å². The van der Waals surface area contributed by atoms with Crippen LogP contribution in [-0.4, -0.2) is 67.9 Å². The Kier molecular flexibility index (Phi) is 5.74. The van der Waals surface area contributed by atoms with E-state index in [1.807, 2.05) is 0 Å². The number of rotatable bonds is 6. The average Bonchev–Trinajstić information content (AvgIpc) is 2.56. The maximum atomic E-state index is 11.8. The van der Waals surface area contributed by atoms with Crippen LogP contribution in [-0.2, 0) is 14.6 Å². The quantitative estimate of drug-likeness (QED) is 0.769. The lowest BCUT2D eigenvalue weighted by Gasteiger charge is -2.35. The standard InChI is InChI=1S/C18H26N4O3S/c1-13-10-22(11-14(2)25-13)8-4-7-19-18-16-9-15(26(3,23)24)5-6-17(16)20-12-21-18/h5-6,9,12-14H,4,7-8,10-11H2,1-3H3,(H,19,20,21). The molecule has 142 valence electrons. The van der Waals surface area contributed by atoms with Crippen LogP contribution in [0.4, 0.5) is 5.82 Å². The van der Waals surface area contributed by atoms with Gasteiger partial charge in [0, 0.05) is 37.8 Å². The molecule has 2 heterocycles. The van der Waals surface area contributed by atoms with Gasteiger partial charge in [-0.1, -0.05) is 0 Å². The molecule has 0 spiro atoms. The van der Waals surface area contributed by atoms with Crippen molar-refractivity contribution in [3.05, 3.63) is 24.5 Å². The van der Waals surface area contributed by atoms with Crippen molar-refractivity contribution >= 4 is 26.6 Å². The van der Waals surface area contributed by atoms with Crippen LogP contribution in [0.1, 0.15) is 20.3 Å². The highest BCUT2D eigenvalue weighted by atomic mass is 32.2. The predicted octanol–water partition coefficient (Wildman–Crippen LogP) is 1.94. The van der Waals surface area contributed by atoms with Crippen LogP contribution in [0.5, 0.6) is 0 Å². The molecule has 8 heteroatoms. The van der Waals surface area contributed by atoms with Crippen molar-refractivity contribution in [1.29, 1.82) is 0 Å². The highest BCUT2D eigenvalue weighted by Gasteiger charge is 2.21. The largest absolute Gasteiger partial charge is 0.373 e. The molecule has 1 aromatic carbocycles. The average molecular weight is 378 g/mol. The topological polar surface area (TPSA) is 84.4 Å². The van der Waals surface area contributed by atoms with E-state index in [0.29, 0.717) is 5.82 Å². The Labute approximate surface area is 154 Å². The van der Waals surface area contributed by atoms with Gasteiger partial charge in [0.15, 0.2) is 9.84 Å². The molecule has 1 aliphatic heterocycles. The summed E-state index contributed by atoms with van der Waals surface area (Å²) in [5, 5.41) is 4.05. The normalized spacial score (nSPS) is 21.8. The number of sulfone groups is 1. The monoisotopic (exact) mass is 378 g/mol. The number of ether oxygens (including phenoxy) is 1. The van der Waals surface area contributed by atoms with Gasteiger partial charge in [-0.05, 0) is 38.5 Å². The Morgan fingerprint density at radius 1 is 1.23 bits per heavy atom. The third-order valence-electron chi connectivity index (χ3n) is 4.47. The minimum absolute atomic E-state index is 0.270. The zero-order valence-corrected chi connectivity index (χ0v) is 16.3. The number of aromatic nitrogens is 2. The van der Waals surface area contributed by atoms with E-state index in [0.717, 1.165) is 43.5 Å². The highest BCUT2D eigenvalue weighted by molar-refractivity contribution is 7.90. The molecule has 0 amide bonds. The van der Waals surface area contributed by atoms with Gasteiger partial charge in [0.2, 0.25) is 0 Å². The maximum Gasteiger partial charge on any atom is 0.175 e. The third kappa shape index (κ3) is 4.69. The maximum absolute atomic E-state index is 11.8. The summed E-state index contributed by atoms with van der Waals surface area (Å²) in [6.07, 6.45) is 4.21. The fourth-order valence-electron chi connectivity index (χ4n) is 3.38. The minimum Gasteiger partial charge on any atom is -0.373 e. The minimum atomic E-state index is -3.26. The Morgan fingerprint density at radius 3 is 2.65 bits per heavy atom. The number of anilines is 1. The summed E-state index contributed by atoms with van der Waals surface area (Å²) >= 11 is 0. The molecule has 1 aromatic heterocycles. The molecule has 7 nitrogen and oxygen atoms in total. The lowest BCUT2D eigenvalue weighted by atomic mass is 10.2. The summed E-state index contributed by atoms with van der Waals surface area (Å²) < 4.78 is 29.4. The lowest BCUT2D eigenvalue weighted by Crippen LogP contribution is -2.45. The van der Waals surface area contributed by atoms with Crippen molar-refractivity contribution in [2.75, 3.05) is 37.8 Å². The van der Waals surface area contributed by atoms with Crippen LogP contribution in [0, 0.1) is 0 Å². The molecule has 2 atom stereocenters. The van der Waals surface area contributed by atoms with Gasteiger partial charge in [-0.3, -0.25) is 4.90 Å². The first-order chi connectivity index (χ1) is 12.3. The molecule has 1 aliphatic rings. The SMILES string of the molecule is CC1CN(CCCNc2ncnc3ccc(S(C)(=O)=O)cc23)CC(C)O1. The third-order valence-corrected chi connectivity index (χ3v) is 5.58. The fourth-order valence-corrected chi connectivity index (χ4v) is 4.03. The number of fused-ring (bicyclic) bond motifs is 1. The molecule has 1 fully saturated rings. The van der Waals surface area contributed by atoms with Crippen molar-refractivity contribution in [1.82, 2.24) is 14.9 Å². The first-order valence-electron chi connectivity index (χ1n) is 8.89. The molecule has 0 aliphatic carbocycles. The van der Waals surface area contributed by atoms with Gasteiger partial charge in [-0.15, -0.1) is 0 Å². The summed E-state index contributed by atoms with van der Waals surface area (Å²) in [5.41, 5.74) is 0.728. The van der Waals surface area contributed by atoms with Crippen LogP contribution in [0.15, 0.2) is 29.4 Å². The summed E-state index contributed by atoms with van der Waals surface area (Å²) in [7, 11) is -3.26. The van der Waals surface area contributed by atoms with Gasteiger partial charge < -0.3 is 10.1 Å². The first kappa shape index (κ1) is 19.0. The summed E-state index contributed by atoms with van der Waals surface area (Å²) in [5.74, 6) is 0.671. The van der Waals surface area contributed by atoms with Crippen LogP contribution in [0.3, 0.4) is 0 Å². The zero-order valence-electron chi connectivity index (χ0n) is 15.5. The van der Waals surface area contributed by atoms with Gasteiger partial charge in [0.1, 0.15) is 12.1 Å². The van der Waals surface area contributed by atoms with Crippen molar-refractivity contribution in [2.45, 2.75) is 37.4 Å². The highest BCUT2D eigenvalue weighted by Crippen LogP contribution is 2.23. The Bertz CT molecular complexity index is 862. The van der Waals surface area contributed by atoms with Crippen molar-refractivity contribution < 1.29 is 13.2 Å². The second-order valence-corrected chi connectivity index (χ2v) is 8.99. The van der Waals surface area contributed by atoms with E-state index in [-0.39, 0.29) is 17.1 Å². The van der Waals surface area contributed by atoms with E-state index in [1.54, 1.807) is 18.2 Å². The summed E-state index contributed by atoms with van der Waals surface area (Å²) in [6.45, 7) is 7.87. The summed E-state index contributed by atoms with van der Waals surface area (Å²) in [6, 6.07) is 4.93. The van der Waals surface area contributed by atoms with E-state index in [1.165, 1.54) is 12.6 Å². The van der Waals surface area contributed by atoms with Gasteiger partial charge in [0.25, 0.3) is 0 Å². The Morgan fingerprint density at radius 2 is 1.96 bits per heavy atom. The second kappa shape index (κ2) is 7.85. The van der Waals surface area contributed by atoms with Crippen molar-refractivity contribution in [2.24, 2.45) is 0 Å². The van der Waals surface area contributed by atoms with Gasteiger partial charge in [-0.2, -0.15) is 0 Å². The number of hydrogen-bond donors (Lipinski definition) is 1. The van der Waals surface area contributed by atoms with Crippen LogP contribution in [0.2, 0.25) is 0 Å². The number of nitrogens with one attached hydrogen (secondary N) is 1. The molecule has 1 N–H and O–H groups in total. The van der Waals surface area contributed by atoms with Gasteiger partial charge in [0.05, 0.1) is 22.6 Å². The number of benzene rings is 1. The Balaban J connectivity index is 1.63. The molecule has 1 saturated heterocycles. The van der Waals surface area contributed by atoms with Crippen molar-refractivity contribution in [3.8, 4) is 0 Å². The number of hydrogen-bond acceptors (Lipinski definition) is 7. The zero-order chi connectivity index (χ0) is 18.7. The smallest absolute Gasteiger partial charge is 0.175 e. The molecular weight excluding hydrogens is 352 g/mol. The first-order valence-corrected chi connectivity index (χ1v) is 10.8. The molecule has 3 rings (SSSR count). The molecule has 2 unspecified atom stereocenters. The molecule has 26 heavy (non-hydrogen) atoms. The van der Waals surface area contributed by atoms with Crippen LogP contribution >= 0.6 is 0 Å². The van der Waals surface area contributed by atoms with Crippen LogP contribution < -0.4 is 5.32 Å². The van der Waals surface area contributed by atoms with E-state index in [4.69, 9.17) is 4.74 Å². The van der Waals surface area contributed by atoms with Gasteiger partial charge in [-0.25, -0.2) is 18.4 Å². The fraction of sp³-hybridized carbons (Fsp3) is 0.556. The van der Waals surface area contributed by atoms with Crippen LogP contribution in [0.25, 0.3) is 10.9 Å². The molecule has 0 bridgehead atoms. The van der Waals surface area contributed by atoms with Gasteiger partial charge >= 0.3 is 0 Å². The molecule has 0 radical (unpaired) electrons.